The van der Waals surface area contributed by atoms with Crippen LogP contribution in [0.15, 0.2) is 82.1 Å². The molecule has 1 aromatic heterocycles. The highest BCUT2D eigenvalue weighted by Crippen LogP contribution is 2.35. The zero-order valence-corrected chi connectivity index (χ0v) is 20.6. The normalized spacial score (nSPS) is 18.9. The van der Waals surface area contributed by atoms with E-state index >= 15 is 0 Å². The predicted molar refractivity (Wildman–Crippen MR) is 138 cm³/mol. The number of benzene rings is 2. The fourth-order valence-electron chi connectivity index (χ4n) is 5.09. The Kier molecular flexibility index (Phi) is 6.78. The summed E-state index contributed by atoms with van der Waals surface area (Å²) < 4.78 is 16.1. The second-order valence-electron chi connectivity index (χ2n) is 9.17. The standard InChI is InChI=1S/C28H26FN3O3S/c1-36-21-11-9-18(10-12-21)14-24(30-27(34)22-5-2-3-6-23(22)29)28(35)31-15-19-13-20(17-31)25-7-4-8-26(33)32(25)16-19/h2-12,14,19-20H,13,15-17H2,1H3,(H,30,34)/b24-14-/t19-,20-/m0/s1. The van der Waals surface area contributed by atoms with Crippen LogP contribution in [-0.2, 0) is 11.3 Å². The maximum absolute atomic E-state index is 14.3. The van der Waals surface area contributed by atoms with E-state index in [1.165, 1.54) is 18.2 Å². The Morgan fingerprint density at radius 1 is 1.00 bits per heavy atom. The van der Waals surface area contributed by atoms with Gasteiger partial charge in [0.2, 0.25) is 0 Å². The highest BCUT2D eigenvalue weighted by atomic mass is 32.2. The first-order chi connectivity index (χ1) is 17.4. The number of pyridine rings is 1. The lowest BCUT2D eigenvalue weighted by Crippen LogP contribution is -2.50. The highest BCUT2D eigenvalue weighted by Gasteiger charge is 2.37. The van der Waals surface area contributed by atoms with Gasteiger partial charge in [0.1, 0.15) is 11.5 Å². The van der Waals surface area contributed by atoms with Crippen LogP contribution in [0, 0.1) is 11.7 Å². The third-order valence-electron chi connectivity index (χ3n) is 6.79. The molecule has 0 unspecified atom stereocenters. The van der Waals surface area contributed by atoms with Crippen molar-refractivity contribution in [1.29, 1.82) is 0 Å². The van der Waals surface area contributed by atoms with Gasteiger partial charge in [-0.2, -0.15) is 0 Å². The van der Waals surface area contributed by atoms with Gasteiger partial charge in [0.05, 0.1) is 5.56 Å². The number of halogens is 1. The summed E-state index contributed by atoms with van der Waals surface area (Å²) in [6.45, 7) is 1.48. The molecular weight excluding hydrogens is 477 g/mol. The van der Waals surface area contributed by atoms with Crippen LogP contribution >= 0.6 is 11.8 Å². The van der Waals surface area contributed by atoms with Crippen LogP contribution in [0.1, 0.15) is 34.0 Å². The van der Waals surface area contributed by atoms with Crippen LogP contribution in [0.2, 0.25) is 0 Å². The van der Waals surface area contributed by atoms with Crippen molar-refractivity contribution in [3.8, 4) is 0 Å². The van der Waals surface area contributed by atoms with Crippen LogP contribution in [-0.4, -0.2) is 40.6 Å². The van der Waals surface area contributed by atoms with Gasteiger partial charge in [-0.3, -0.25) is 14.4 Å². The largest absolute Gasteiger partial charge is 0.336 e. The number of piperidine rings is 1. The van der Waals surface area contributed by atoms with E-state index in [2.05, 4.69) is 5.32 Å². The Bertz CT molecular complexity index is 1400. The molecule has 2 aliphatic rings. The topological polar surface area (TPSA) is 71.4 Å². The maximum atomic E-state index is 14.3. The van der Waals surface area contributed by atoms with Crippen LogP contribution < -0.4 is 10.9 Å². The number of aromatic nitrogens is 1. The van der Waals surface area contributed by atoms with Crippen molar-refractivity contribution in [2.75, 3.05) is 19.3 Å². The molecule has 36 heavy (non-hydrogen) atoms. The van der Waals surface area contributed by atoms with Gasteiger partial charge < -0.3 is 14.8 Å². The Hall–Kier alpha value is -3.65. The van der Waals surface area contributed by atoms with Crippen LogP contribution in [0.25, 0.3) is 6.08 Å². The van der Waals surface area contributed by atoms with E-state index in [9.17, 15) is 18.8 Å². The van der Waals surface area contributed by atoms with E-state index in [1.807, 2.05) is 41.2 Å². The summed E-state index contributed by atoms with van der Waals surface area (Å²) in [5, 5.41) is 2.67. The monoisotopic (exact) mass is 503 g/mol. The maximum Gasteiger partial charge on any atom is 0.270 e. The summed E-state index contributed by atoms with van der Waals surface area (Å²) in [7, 11) is 0. The first-order valence-corrected chi connectivity index (χ1v) is 13.1. The minimum Gasteiger partial charge on any atom is -0.336 e. The molecule has 2 aromatic carbocycles. The third-order valence-corrected chi connectivity index (χ3v) is 7.53. The summed E-state index contributed by atoms with van der Waals surface area (Å²) in [4.78, 5) is 41.9. The van der Waals surface area contributed by atoms with Crippen molar-refractivity contribution in [2.24, 2.45) is 5.92 Å². The molecule has 1 saturated heterocycles. The van der Waals surface area contributed by atoms with Gasteiger partial charge in [-0.05, 0) is 60.6 Å². The van der Waals surface area contributed by atoms with Crippen molar-refractivity contribution in [3.05, 3.63) is 105 Å². The summed E-state index contributed by atoms with van der Waals surface area (Å²) in [5.74, 6) is -1.47. The van der Waals surface area contributed by atoms with E-state index in [1.54, 1.807) is 40.9 Å². The number of nitrogens with zero attached hydrogens (tertiary/aromatic N) is 2. The molecule has 2 bridgehead atoms. The Labute approximate surface area is 212 Å². The van der Waals surface area contributed by atoms with Crippen LogP contribution in [0.4, 0.5) is 4.39 Å². The van der Waals surface area contributed by atoms with E-state index in [-0.39, 0.29) is 34.6 Å². The number of fused-ring (bicyclic) bond motifs is 4. The van der Waals surface area contributed by atoms with E-state index in [4.69, 9.17) is 0 Å². The van der Waals surface area contributed by atoms with Crippen molar-refractivity contribution in [3.63, 3.8) is 0 Å². The molecule has 0 aliphatic carbocycles. The second-order valence-corrected chi connectivity index (χ2v) is 10.1. The number of hydrogen-bond donors (Lipinski definition) is 1. The zero-order chi connectivity index (χ0) is 25.2. The molecular formula is C28H26FN3O3S. The average molecular weight is 504 g/mol. The number of amides is 2. The molecule has 3 heterocycles. The number of likely N-dealkylation sites (tertiary alicyclic amines) is 1. The number of rotatable bonds is 5. The summed E-state index contributed by atoms with van der Waals surface area (Å²) in [6, 6.07) is 18.6. The van der Waals surface area contributed by atoms with Crippen molar-refractivity contribution < 1.29 is 14.0 Å². The quantitative estimate of drug-likeness (QED) is 0.420. The molecule has 8 heteroatoms. The smallest absolute Gasteiger partial charge is 0.270 e. The Balaban J connectivity index is 1.45. The molecule has 2 aliphatic heterocycles. The van der Waals surface area contributed by atoms with Gasteiger partial charge >= 0.3 is 0 Å². The predicted octanol–water partition coefficient (Wildman–Crippen LogP) is 4.13. The highest BCUT2D eigenvalue weighted by molar-refractivity contribution is 7.98. The van der Waals surface area contributed by atoms with Crippen molar-refractivity contribution in [1.82, 2.24) is 14.8 Å². The van der Waals surface area contributed by atoms with Gasteiger partial charge in [-0.25, -0.2) is 4.39 Å². The Morgan fingerprint density at radius 3 is 2.53 bits per heavy atom. The molecule has 0 radical (unpaired) electrons. The number of thioether (sulfide) groups is 1. The first-order valence-electron chi connectivity index (χ1n) is 11.8. The molecule has 2 amide bonds. The lowest BCUT2D eigenvalue weighted by molar-refractivity contribution is -0.130. The van der Waals surface area contributed by atoms with Gasteiger partial charge in [-0.1, -0.05) is 30.3 Å². The van der Waals surface area contributed by atoms with Crippen molar-refractivity contribution in [2.45, 2.75) is 23.8 Å². The molecule has 2 atom stereocenters. The fraction of sp³-hybridized carbons (Fsp3) is 0.250. The summed E-state index contributed by atoms with van der Waals surface area (Å²) in [5.41, 5.74) is 1.63. The lowest BCUT2D eigenvalue weighted by atomic mass is 9.83. The fourth-order valence-corrected chi connectivity index (χ4v) is 5.49. The van der Waals surface area contributed by atoms with Gasteiger partial charge in [0.25, 0.3) is 17.4 Å². The minimum absolute atomic E-state index is 0.0200. The molecule has 1 N–H and O–H groups in total. The average Bonchev–Trinajstić information content (AvgIpc) is 2.89. The summed E-state index contributed by atoms with van der Waals surface area (Å²) in [6.07, 6.45) is 4.52. The number of carbonyl (C=O) groups is 2. The minimum atomic E-state index is -0.678. The Morgan fingerprint density at radius 2 is 1.78 bits per heavy atom. The van der Waals surface area contributed by atoms with Crippen LogP contribution in [0.3, 0.4) is 0 Å². The van der Waals surface area contributed by atoms with Gasteiger partial charge in [0.15, 0.2) is 0 Å². The van der Waals surface area contributed by atoms with E-state index in [0.717, 1.165) is 22.6 Å². The molecule has 1 fully saturated rings. The third kappa shape index (κ3) is 4.86. The molecule has 5 rings (SSSR count). The number of carbonyl (C=O) groups excluding carboxylic acids is 2. The SMILES string of the molecule is CSc1ccc(/C=C(\NC(=O)c2ccccc2F)C(=O)N2C[C@@H]3C[C@@H](C2)c2cccc(=O)n2C3)cc1. The first kappa shape index (κ1) is 24.1. The molecule has 0 spiro atoms. The summed E-state index contributed by atoms with van der Waals surface area (Å²) >= 11 is 1.61. The molecule has 6 nitrogen and oxygen atoms in total. The second kappa shape index (κ2) is 10.1. The van der Waals surface area contributed by atoms with Gasteiger partial charge in [0, 0.05) is 42.2 Å². The zero-order valence-electron chi connectivity index (χ0n) is 19.8. The van der Waals surface area contributed by atoms with Gasteiger partial charge in [-0.15, -0.1) is 11.8 Å². The van der Waals surface area contributed by atoms with E-state index < -0.39 is 11.7 Å². The van der Waals surface area contributed by atoms with E-state index in [0.29, 0.717) is 19.6 Å². The number of hydrogen-bond acceptors (Lipinski definition) is 4. The number of nitrogens with one attached hydrogen (secondary N) is 1. The molecule has 184 valence electrons. The molecule has 3 aromatic rings. The molecule has 0 saturated carbocycles. The van der Waals surface area contributed by atoms with Crippen molar-refractivity contribution >= 4 is 29.7 Å². The lowest BCUT2D eigenvalue weighted by Gasteiger charge is -2.43. The van der Waals surface area contributed by atoms with Crippen LogP contribution in [0.5, 0.6) is 0 Å².